The molecule has 1 unspecified atom stereocenters. The smallest absolute Gasteiger partial charge is 0.123 e. The van der Waals surface area contributed by atoms with Crippen LogP contribution in [0.4, 0.5) is 0 Å². The molecule has 0 heterocycles. The van der Waals surface area contributed by atoms with Crippen LogP contribution >= 0.6 is 0 Å². The van der Waals surface area contributed by atoms with Crippen molar-refractivity contribution in [1.29, 1.82) is 0 Å². The van der Waals surface area contributed by atoms with Crippen LogP contribution in [0.25, 0.3) is 0 Å². The summed E-state index contributed by atoms with van der Waals surface area (Å²) in [6, 6.07) is 16.7. The summed E-state index contributed by atoms with van der Waals surface area (Å²) < 4.78 is 10.8. The lowest BCUT2D eigenvalue weighted by Gasteiger charge is -2.20. The van der Waals surface area contributed by atoms with Crippen LogP contribution in [-0.2, 0) is 6.42 Å². The lowest BCUT2D eigenvalue weighted by Crippen LogP contribution is -2.18. The van der Waals surface area contributed by atoms with E-state index in [0.29, 0.717) is 0 Å². The topological polar surface area (TPSA) is 30.5 Å². The molecule has 2 aromatic carbocycles. The molecule has 0 saturated carbocycles. The molecule has 0 amide bonds. The van der Waals surface area contributed by atoms with Gasteiger partial charge in [0, 0.05) is 11.6 Å². The quantitative estimate of drug-likeness (QED) is 0.843. The Kier molecular flexibility index (Phi) is 5.64. The van der Waals surface area contributed by atoms with E-state index in [4.69, 9.17) is 9.47 Å². The van der Waals surface area contributed by atoms with Crippen molar-refractivity contribution < 1.29 is 9.47 Å². The second-order valence-corrected chi connectivity index (χ2v) is 4.97. The minimum Gasteiger partial charge on any atom is -0.497 e. The number of ether oxygens (including phenoxy) is 2. The van der Waals surface area contributed by atoms with Gasteiger partial charge in [0.15, 0.2) is 0 Å². The van der Waals surface area contributed by atoms with Crippen molar-refractivity contribution in [2.45, 2.75) is 18.9 Å². The Balaban J connectivity index is 2.16. The number of hydrogen-bond donors (Lipinski definition) is 1. The molecule has 0 aliphatic rings. The molecule has 21 heavy (non-hydrogen) atoms. The van der Waals surface area contributed by atoms with Crippen LogP contribution in [0.1, 0.15) is 23.6 Å². The first-order valence-corrected chi connectivity index (χ1v) is 7.21. The Bertz CT molecular complexity index is 554. The lowest BCUT2D eigenvalue weighted by atomic mass is 9.98. The van der Waals surface area contributed by atoms with Crippen LogP contribution in [0.15, 0.2) is 48.5 Å². The van der Waals surface area contributed by atoms with Crippen molar-refractivity contribution in [3.63, 3.8) is 0 Å². The molecule has 0 radical (unpaired) electrons. The highest BCUT2D eigenvalue weighted by Crippen LogP contribution is 2.31. The van der Waals surface area contributed by atoms with Crippen LogP contribution in [0.2, 0.25) is 0 Å². The third kappa shape index (κ3) is 3.99. The summed E-state index contributed by atoms with van der Waals surface area (Å²) in [6.07, 6.45) is 2.02. The van der Waals surface area contributed by atoms with Crippen molar-refractivity contribution >= 4 is 0 Å². The predicted molar refractivity (Wildman–Crippen MR) is 86.1 cm³/mol. The first kappa shape index (κ1) is 15.4. The van der Waals surface area contributed by atoms with E-state index in [1.54, 1.807) is 14.2 Å². The fourth-order valence-corrected chi connectivity index (χ4v) is 2.52. The van der Waals surface area contributed by atoms with Crippen LogP contribution in [-0.4, -0.2) is 21.3 Å². The van der Waals surface area contributed by atoms with E-state index >= 15 is 0 Å². The van der Waals surface area contributed by atoms with Gasteiger partial charge in [0.25, 0.3) is 0 Å². The maximum Gasteiger partial charge on any atom is 0.123 e. The molecule has 0 aliphatic carbocycles. The molecular formula is C18H23NO2. The number of nitrogens with one attached hydrogen (secondary N) is 1. The van der Waals surface area contributed by atoms with Crippen molar-refractivity contribution in [2.24, 2.45) is 0 Å². The summed E-state index contributed by atoms with van der Waals surface area (Å²) in [7, 11) is 5.37. The van der Waals surface area contributed by atoms with Crippen LogP contribution < -0.4 is 14.8 Å². The molecule has 0 bridgehead atoms. The van der Waals surface area contributed by atoms with E-state index in [9.17, 15) is 0 Å². The number of rotatable bonds is 7. The summed E-state index contributed by atoms with van der Waals surface area (Å²) in [6.45, 7) is 0. The van der Waals surface area contributed by atoms with Crippen LogP contribution in [0.5, 0.6) is 11.5 Å². The monoisotopic (exact) mass is 285 g/mol. The average molecular weight is 285 g/mol. The zero-order chi connectivity index (χ0) is 15.1. The third-order valence-corrected chi connectivity index (χ3v) is 3.73. The maximum absolute atomic E-state index is 5.48. The normalized spacial score (nSPS) is 12.0. The molecule has 2 aromatic rings. The fraction of sp³-hybridized carbons (Fsp3) is 0.333. The van der Waals surface area contributed by atoms with Crippen molar-refractivity contribution in [3.8, 4) is 11.5 Å². The number of benzene rings is 2. The molecule has 3 nitrogen and oxygen atoms in total. The van der Waals surface area contributed by atoms with Gasteiger partial charge >= 0.3 is 0 Å². The van der Waals surface area contributed by atoms with Crippen molar-refractivity contribution in [2.75, 3.05) is 21.3 Å². The summed E-state index contributed by atoms with van der Waals surface area (Å²) in [5.74, 6) is 1.74. The van der Waals surface area contributed by atoms with Gasteiger partial charge in [-0.15, -0.1) is 0 Å². The standard InChI is InChI=1S/C18H23NO2/c1-19-17(11-9-14-7-5-4-6-8-14)16-13-15(20-2)10-12-18(16)21-3/h4-8,10,12-13,17,19H,9,11H2,1-3H3. The number of hydrogen-bond acceptors (Lipinski definition) is 3. The molecule has 0 saturated heterocycles. The zero-order valence-electron chi connectivity index (χ0n) is 12.9. The molecule has 0 aromatic heterocycles. The first-order chi connectivity index (χ1) is 10.3. The van der Waals surface area contributed by atoms with Gasteiger partial charge in [0.2, 0.25) is 0 Å². The van der Waals surface area contributed by atoms with Crippen molar-refractivity contribution in [1.82, 2.24) is 5.32 Å². The summed E-state index contributed by atoms with van der Waals surface area (Å²) >= 11 is 0. The number of aryl methyl sites for hydroxylation is 1. The largest absolute Gasteiger partial charge is 0.497 e. The molecule has 1 atom stereocenters. The number of methoxy groups -OCH3 is 2. The van der Waals surface area contributed by atoms with Gasteiger partial charge in [0.05, 0.1) is 14.2 Å². The highest BCUT2D eigenvalue weighted by molar-refractivity contribution is 5.42. The van der Waals surface area contributed by atoms with E-state index < -0.39 is 0 Å². The predicted octanol–water partition coefficient (Wildman–Crippen LogP) is 3.60. The second kappa shape index (κ2) is 7.70. The van der Waals surface area contributed by atoms with Crippen molar-refractivity contribution in [3.05, 3.63) is 59.7 Å². The Morgan fingerprint density at radius 1 is 1.00 bits per heavy atom. The van der Waals surface area contributed by atoms with E-state index in [1.165, 1.54) is 5.56 Å². The van der Waals surface area contributed by atoms with Gasteiger partial charge in [-0.2, -0.15) is 0 Å². The first-order valence-electron chi connectivity index (χ1n) is 7.21. The van der Waals surface area contributed by atoms with Gasteiger partial charge in [0.1, 0.15) is 11.5 Å². The van der Waals surface area contributed by atoms with Gasteiger partial charge in [-0.3, -0.25) is 0 Å². The summed E-state index contributed by atoms with van der Waals surface area (Å²) in [5.41, 5.74) is 2.48. The van der Waals surface area contributed by atoms with Crippen LogP contribution in [0.3, 0.4) is 0 Å². The zero-order valence-corrected chi connectivity index (χ0v) is 12.9. The molecular weight excluding hydrogens is 262 g/mol. The summed E-state index contributed by atoms with van der Waals surface area (Å²) in [5, 5.41) is 3.38. The minimum absolute atomic E-state index is 0.232. The highest BCUT2D eigenvalue weighted by Gasteiger charge is 2.15. The fourth-order valence-electron chi connectivity index (χ4n) is 2.52. The summed E-state index contributed by atoms with van der Waals surface area (Å²) in [4.78, 5) is 0. The lowest BCUT2D eigenvalue weighted by molar-refractivity contribution is 0.389. The van der Waals surface area contributed by atoms with E-state index in [-0.39, 0.29) is 6.04 Å². The molecule has 2 rings (SSSR count). The van der Waals surface area contributed by atoms with Gasteiger partial charge in [-0.05, 0) is 43.7 Å². The van der Waals surface area contributed by atoms with E-state index in [2.05, 4.69) is 29.6 Å². The van der Waals surface area contributed by atoms with Crippen LogP contribution in [0, 0.1) is 0 Å². The van der Waals surface area contributed by atoms with E-state index in [0.717, 1.165) is 29.9 Å². The molecule has 0 spiro atoms. The van der Waals surface area contributed by atoms with E-state index in [1.807, 2.05) is 31.3 Å². The third-order valence-electron chi connectivity index (χ3n) is 3.73. The SMILES string of the molecule is CNC(CCc1ccccc1)c1cc(OC)ccc1OC. The average Bonchev–Trinajstić information content (AvgIpc) is 2.56. The molecule has 0 fully saturated rings. The second-order valence-electron chi connectivity index (χ2n) is 4.97. The minimum atomic E-state index is 0.232. The van der Waals surface area contributed by atoms with Gasteiger partial charge in [-0.1, -0.05) is 30.3 Å². The Hall–Kier alpha value is -2.00. The molecule has 1 N–H and O–H groups in total. The Morgan fingerprint density at radius 3 is 2.38 bits per heavy atom. The molecule has 3 heteroatoms. The highest BCUT2D eigenvalue weighted by atomic mass is 16.5. The van der Waals surface area contributed by atoms with Gasteiger partial charge in [-0.25, -0.2) is 0 Å². The molecule has 0 aliphatic heterocycles. The molecule has 112 valence electrons. The maximum atomic E-state index is 5.48. The Labute approximate surface area is 126 Å². The Morgan fingerprint density at radius 2 is 1.76 bits per heavy atom. The van der Waals surface area contributed by atoms with Gasteiger partial charge < -0.3 is 14.8 Å².